The molecular weight excluding hydrogens is 226 g/mol. The highest BCUT2D eigenvalue weighted by Gasteiger charge is 2.21. The van der Waals surface area contributed by atoms with Gasteiger partial charge in [0, 0.05) is 18.8 Å². The number of nitrogen functional groups attached to an aromatic ring is 1. The van der Waals surface area contributed by atoms with E-state index in [4.69, 9.17) is 10.5 Å². The highest BCUT2D eigenvalue weighted by atomic mass is 16.5. The number of rotatable bonds is 5. The normalized spacial score (nSPS) is 15.4. The van der Waals surface area contributed by atoms with Gasteiger partial charge in [-0.3, -0.25) is 0 Å². The molecule has 0 unspecified atom stereocenters. The third-order valence-electron chi connectivity index (χ3n) is 3.47. The van der Waals surface area contributed by atoms with E-state index in [1.54, 1.807) is 0 Å². The SMILES string of the molecule is Cc1nc2cc(N)ccc2n1CCOCC1CC1. The minimum atomic E-state index is 0.757. The second kappa shape index (κ2) is 4.61. The topological polar surface area (TPSA) is 53.1 Å². The van der Waals surface area contributed by atoms with Crippen LogP contribution in [0.3, 0.4) is 0 Å². The third-order valence-corrected chi connectivity index (χ3v) is 3.47. The monoisotopic (exact) mass is 245 g/mol. The Morgan fingerprint density at radius 2 is 2.28 bits per heavy atom. The molecule has 1 aromatic heterocycles. The molecule has 1 saturated carbocycles. The third kappa shape index (κ3) is 2.34. The molecule has 0 spiro atoms. The first-order chi connectivity index (χ1) is 8.74. The van der Waals surface area contributed by atoms with Crippen LogP contribution in [0.15, 0.2) is 18.2 Å². The number of nitrogens with two attached hydrogens (primary N) is 1. The molecule has 1 aromatic carbocycles. The molecule has 18 heavy (non-hydrogen) atoms. The van der Waals surface area contributed by atoms with Gasteiger partial charge in [-0.2, -0.15) is 0 Å². The van der Waals surface area contributed by atoms with Crippen LogP contribution in [-0.2, 0) is 11.3 Å². The Balaban J connectivity index is 1.71. The van der Waals surface area contributed by atoms with Crippen molar-refractivity contribution in [3.8, 4) is 0 Å². The van der Waals surface area contributed by atoms with Crippen molar-refractivity contribution in [3.05, 3.63) is 24.0 Å². The largest absolute Gasteiger partial charge is 0.399 e. The quantitative estimate of drug-likeness (QED) is 0.650. The highest BCUT2D eigenvalue weighted by molar-refractivity contribution is 5.79. The summed E-state index contributed by atoms with van der Waals surface area (Å²) in [5.74, 6) is 1.84. The zero-order valence-electron chi connectivity index (χ0n) is 10.7. The molecule has 1 aliphatic carbocycles. The van der Waals surface area contributed by atoms with Crippen molar-refractivity contribution in [2.75, 3.05) is 18.9 Å². The summed E-state index contributed by atoms with van der Waals surface area (Å²) in [4.78, 5) is 4.53. The second-order valence-corrected chi connectivity index (χ2v) is 5.08. The molecule has 1 heterocycles. The van der Waals surface area contributed by atoms with Gasteiger partial charge in [-0.25, -0.2) is 4.98 Å². The first-order valence-electron chi connectivity index (χ1n) is 6.54. The molecule has 4 nitrogen and oxygen atoms in total. The van der Waals surface area contributed by atoms with Crippen LogP contribution >= 0.6 is 0 Å². The fraction of sp³-hybridized carbons (Fsp3) is 0.500. The summed E-state index contributed by atoms with van der Waals surface area (Å²) in [5, 5.41) is 0. The van der Waals surface area contributed by atoms with Gasteiger partial charge in [0.15, 0.2) is 0 Å². The van der Waals surface area contributed by atoms with Crippen molar-refractivity contribution < 1.29 is 4.74 Å². The van der Waals surface area contributed by atoms with Gasteiger partial charge in [-0.15, -0.1) is 0 Å². The smallest absolute Gasteiger partial charge is 0.106 e. The van der Waals surface area contributed by atoms with E-state index in [0.717, 1.165) is 48.2 Å². The van der Waals surface area contributed by atoms with Crippen molar-refractivity contribution in [1.29, 1.82) is 0 Å². The number of aryl methyl sites for hydroxylation is 1. The van der Waals surface area contributed by atoms with Crippen molar-refractivity contribution in [2.45, 2.75) is 26.3 Å². The number of imidazole rings is 1. The van der Waals surface area contributed by atoms with Crippen LogP contribution in [0.1, 0.15) is 18.7 Å². The Hall–Kier alpha value is -1.55. The molecule has 3 rings (SSSR count). The summed E-state index contributed by atoms with van der Waals surface area (Å²) in [7, 11) is 0. The molecule has 96 valence electrons. The molecule has 2 aromatic rings. The number of ether oxygens (including phenoxy) is 1. The number of fused-ring (bicyclic) bond motifs is 1. The van der Waals surface area contributed by atoms with Crippen molar-refractivity contribution in [2.24, 2.45) is 5.92 Å². The molecule has 0 bridgehead atoms. The van der Waals surface area contributed by atoms with E-state index in [2.05, 4.69) is 9.55 Å². The molecule has 0 radical (unpaired) electrons. The number of nitrogens with zero attached hydrogens (tertiary/aromatic N) is 2. The molecule has 0 atom stereocenters. The lowest BCUT2D eigenvalue weighted by Gasteiger charge is -2.07. The van der Waals surface area contributed by atoms with Gasteiger partial charge in [0.25, 0.3) is 0 Å². The van der Waals surface area contributed by atoms with Gasteiger partial charge in [0.1, 0.15) is 5.82 Å². The lowest BCUT2D eigenvalue weighted by atomic mass is 10.3. The van der Waals surface area contributed by atoms with Crippen LogP contribution in [-0.4, -0.2) is 22.8 Å². The van der Waals surface area contributed by atoms with Crippen LogP contribution in [0, 0.1) is 12.8 Å². The van der Waals surface area contributed by atoms with Gasteiger partial charge in [0.05, 0.1) is 17.6 Å². The fourth-order valence-electron chi connectivity index (χ4n) is 2.24. The molecule has 4 heteroatoms. The first-order valence-corrected chi connectivity index (χ1v) is 6.54. The van der Waals surface area contributed by atoms with Crippen LogP contribution in [0.25, 0.3) is 11.0 Å². The van der Waals surface area contributed by atoms with Crippen LogP contribution in [0.5, 0.6) is 0 Å². The number of hydrogen-bond acceptors (Lipinski definition) is 3. The molecule has 2 N–H and O–H groups in total. The van der Waals surface area contributed by atoms with Gasteiger partial charge in [-0.05, 0) is 43.9 Å². The highest BCUT2D eigenvalue weighted by Crippen LogP contribution is 2.28. The average Bonchev–Trinajstić information content (AvgIpc) is 3.10. The van der Waals surface area contributed by atoms with Crippen molar-refractivity contribution >= 4 is 16.7 Å². The molecule has 1 aliphatic rings. The summed E-state index contributed by atoms with van der Waals surface area (Å²) in [6, 6.07) is 5.88. The predicted octanol–water partition coefficient (Wildman–Crippen LogP) is 2.35. The van der Waals surface area contributed by atoms with Crippen LogP contribution in [0.4, 0.5) is 5.69 Å². The van der Waals surface area contributed by atoms with Crippen LogP contribution < -0.4 is 5.73 Å². The van der Waals surface area contributed by atoms with Gasteiger partial charge in [0.2, 0.25) is 0 Å². The molecule has 0 amide bonds. The lowest BCUT2D eigenvalue weighted by Crippen LogP contribution is -2.08. The standard InChI is InChI=1S/C14H19N3O/c1-10-16-13-8-12(15)4-5-14(13)17(10)6-7-18-9-11-2-3-11/h4-5,8,11H,2-3,6-7,9,15H2,1H3. The number of anilines is 1. The molecular formula is C14H19N3O. The summed E-state index contributed by atoms with van der Waals surface area (Å²) in [6.07, 6.45) is 2.68. The van der Waals surface area contributed by atoms with Crippen molar-refractivity contribution in [3.63, 3.8) is 0 Å². The number of aromatic nitrogens is 2. The second-order valence-electron chi connectivity index (χ2n) is 5.08. The maximum Gasteiger partial charge on any atom is 0.106 e. The van der Waals surface area contributed by atoms with Gasteiger partial charge >= 0.3 is 0 Å². The Kier molecular flexibility index (Phi) is 2.96. The maximum absolute atomic E-state index is 5.77. The molecule has 1 fully saturated rings. The zero-order valence-corrected chi connectivity index (χ0v) is 10.7. The molecule has 0 saturated heterocycles. The average molecular weight is 245 g/mol. The fourth-order valence-corrected chi connectivity index (χ4v) is 2.24. The van der Waals surface area contributed by atoms with E-state index in [1.807, 2.05) is 25.1 Å². The predicted molar refractivity (Wildman–Crippen MR) is 72.4 cm³/mol. The lowest BCUT2D eigenvalue weighted by molar-refractivity contribution is 0.117. The molecule has 0 aliphatic heterocycles. The minimum absolute atomic E-state index is 0.757. The summed E-state index contributed by atoms with van der Waals surface area (Å²) in [5.41, 5.74) is 8.64. The van der Waals surface area contributed by atoms with Gasteiger partial charge < -0.3 is 15.0 Å². The maximum atomic E-state index is 5.77. The van der Waals surface area contributed by atoms with E-state index in [-0.39, 0.29) is 0 Å². The first kappa shape index (κ1) is 11.5. The number of hydrogen-bond donors (Lipinski definition) is 1. The van der Waals surface area contributed by atoms with E-state index in [0.29, 0.717) is 0 Å². The Bertz CT molecular complexity index is 557. The van der Waals surface area contributed by atoms with E-state index in [1.165, 1.54) is 12.8 Å². The van der Waals surface area contributed by atoms with E-state index >= 15 is 0 Å². The van der Waals surface area contributed by atoms with Crippen LogP contribution in [0.2, 0.25) is 0 Å². The van der Waals surface area contributed by atoms with Gasteiger partial charge in [-0.1, -0.05) is 0 Å². The summed E-state index contributed by atoms with van der Waals surface area (Å²) < 4.78 is 7.88. The summed E-state index contributed by atoms with van der Waals surface area (Å²) >= 11 is 0. The minimum Gasteiger partial charge on any atom is -0.399 e. The van der Waals surface area contributed by atoms with Crippen molar-refractivity contribution in [1.82, 2.24) is 9.55 Å². The van der Waals surface area contributed by atoms with E-state index < -0.39 is 0 Å². The Labute approximate surface area is 107 Å². The van der Waals surface area contributed by atoms with E-state index in [9.17, 15) is 0 Å². The summed E-state index contributed by atoms with van der Waals surface area (Å²) in [6.45, 7) is 4.56. The zero-order chi connectivity index (χ0) is 12.5. The Morgan fingerprint density at radius 3 is 3.06 bits per heavy atom. The Morgan fingerprint density at radius 1 is 1.44 bits per heavy atom. The number of benzene rings is 1.